The number of fused-ring (bicyclic) bond motifs is 1. The molecule has 1 amide bonds. The van der Waals surface area contributed by atoms with Crippen molar-refractivity contribution in [3.8, 4) is 0 Å². The summed E-state index contributed by atoms with van der Waals surface area (Å²) in [5, 5.41) is 3.93. The highest BCUT2D eigenvalue weighted by Gasteiger charge is 2.35. The normalized spacial score (nSPS) is 25.7. The van der Waals surface area contributed by atoms with E-state index in [0.29, 0.717) is 37.9 Å². The van der Waals surface area contributed by atoms with E-state index in [1.54, 1.807) is 4.90 Å². The summed E-state index contributed by atoms with van der Waals surface area (Å²) in [5.41, 5.74) is 5.94. The minimum absolute atomic E-state index is 0.0646. The monoisotopic (exact) mass is 408 g/mol. The number of carbonyl (C=O) groups is 2. The van der Waals surface area contributed by atoms with Gasteiger partial charge in [0.25, 0.3) is 5.24 Å². The third-order valence-corrected chi connectivity index (χ3v) is 6.04. The first-order chi connectivity index (χ1) is 13.4. The Bertz CT molecular complexity index is 926. The largest absolute Gasteiger partial charge is 0.372 e. The molecular weight excluding hydrogens is 387 g/mol. The SMILES string of the molecule is C[C@@H]1CN(c2c(C=O)cc3c(N4C[C@H](CN)SC4=O)noc3c2F)C[C@@H](C)O1. The summed E-state index contributed by atoms with van der Waals surface area (Å²) in [6.07, 6.45) is 0.412. The number of halogens is 1. The molecule has 2 aromatic rings. The number of rotatable bonds is 4. The number of hydrogen-bond donors (Lipinski definition) is 1. The van der Waals surface area contributed by atoms with Crippen LogP contribution >= 0.6 is 11.8 Å². The second-order valence-electron chi connectivity index (χ2n) is 7.14. The third-order valence-electron chi connectivity index (χ3n) is 4.94. The number of thioether (sulfide) groups is 1. The Morgan fingerprint density at radius 3 is 2.68 bits per heavy atom. The van der Waals surface area contributed by atoms with E-state index in [-0.39, 0.29) is 45.3 Å². The zero-order valence-electron chi connectivity index (χ0n) is 15.6. The fourth-order valence-corrected chi connectivity index (χ4v) is 4.71. The summed E-state index contributed by atoms with van der Waals surface area (Å²) in [5.74, 6) is -0.449. The van der Waals surface area contributed by atoms with Crippen molar-refractivity contribution in [2.24, 2.45) is 5.73 Å². The Morgan fingerprint density at radius 1 is 1.36 bits per heavy atom. The van der Waals surface area contributed by atoms with Crippen molar-refractivity contribution >= 4 is 45.8 Å². The lowest BCUT2D eigenvalue weighted by atomic mass is 10.1. The molecule has 2 aliphatic rings. The number of aromatic nitrogens is 1. The van der Waals surface area contributed by atoms with Crippen molar-refractivity contribution < 1.29 is 23.2 Å². The molecule has 3 heterocycles. The summed E-state index contributed by atoms with van der Waals surface area (Å²) in [6, 6.07) is 1.53. The molecule has 2 saturated heterocycles. The van der Waals surface area contributed by atoms with Gasteiger partial charge in [-0.3, -0.25) is 14.5 Å². The number of anilines is 2. The lowest BCUT2D eigenvalue weighted by Gasteiger charge is -2.37. The number of carbonyl (C=O) groups excluding carboxylic acids is 2. The maximum Gasteiger partial charge on any atom is 0.287 e. The van der Waals surface area contributed by atoms with Gasteiger partial charge in [0.15, 0.2) is 17.9 Å². The van der Waals surface area contributed by atoms with Crippen LogP contribution in [0.25, 0.3) is 11.0 Å². The average molecular weight is 408 g/mol. The predicted octanol–water partition coefficient (Wildman–Crippen LogP) is 2.39. The topological polar surface area (TPSA) is 102 Å². The van der Waals surface area contributed by atoms with Crippen molar-refractivity contribution in [3.63, 3.8) is 0 Å². The molecule has 150 valence electrons. The molecule has 8 nitrogen and oxygen atoms in total. The zero-order valence-corrected chi connectivity index (χ0v) is 16.4. The van der Waals surface area contributed by atoms with E-state index in [1.165, 1.54) is 11.0 Å². The summed E-state index contributed by atoms with van der Waals surface area (Å²) < 4.78 is 26.4. The van der Waals surface area contributed by atoms with Crippen molar-refractivity contribution in [2.75, 3.05) is 36.0 Å². The van der Waals surface area contributed by atoms with E-state index < -0.39 is 5.82 Å². The van der Waals surface area contributed by atoms with Crippen molar-refractivity contribution in [3.05, 3.63) is 17.4 Å². The summed E-state index contributed by atoms with van der Waals surface area (Å²) in [7, 11) is 0. The van der Waals surface area contributed by atoms with Gasteiger partial charge in [-0.2, -0.15) is 0 Å². The van der Waals surface area contributed by atoms with Crippen LogP contribution in [0.5, 0.6) is 0 Å². The Hall–Kier alpha value is -2.17. The van der Waals surface area contributed by atoms with Crippen LogP contribution in [0.4, 0.5) is 20.7 Å². The molecule has 1 aromatic carbocycles. The minimum atomic E-state index is -0.658. The van der Waals surface area contributed by atoms with Gasteiger partial charge in [0.2, 0.25) is 5.58 Å². The lowest BCUT2D eigenvalue weighted by molar-refractivity contribution is -0.00543. The first-order valence-corrected chi connectivity index (χ1v) is 9.96. The van der Waals surface area contributed by atoms with E-state index in [1.807, 2.05) is 13.8 Å². The van der Waals surface area contributed by atoms with Crippen molar-refractivity contribution in [1.29, 1.82) is 0 Å². The average Bonchev–Trinajstić information content (AvgIpc) is 3.23. The van der Waals surface area contributed by atoms with Crippen LogP contribution in [-0.4, -0.2) is 60.3 Å². The van der Waals surface area contributed by atoms with Gasteiger partial charge in [0.05, 0.1) is 23.3 Å². The molecule has 1 aromatic heterocycles. The summed E-state index contributed by atoms with van der Waals surface area (Å²) in [4.78, 5) is 27.3. The highest BCUT2D eigenvalue weighted by Crippen LogP contribution is 2.39. The molecule has 2 fully saturated rings. The number of nitrogens with zero attached hydrogens (tertiary/aromatic N) is 3. The molecule has 0 bridgehead atoms. The second kappa shape index (κ2) is 7.34. The van der Waals surface area contributed by atoms with Crippen LogP contribution in [0.1, 0.15) is 24.2 Å². The fourth-order valence-electron chi connectivity index (χ4n) is 3.82. The van der Waals surface area contributed by atoms with Gasteiger partial charge in [-0.25, -0.2) is 4.39 Å². The first-order valence-electron chi connectivity index (χ1n) is 9.08. The maximum atomic E-state index is 15.4. The molecule has 2 N–H and O–H groups in total. The van der Waals surface area contributed by atoms with E-state index in [4.69, 9.17) is 15.0 Å². The molecule has 0 unspecified atom stereocenters. The van der Waals surface area contributed by atoms with Crippen LogP contribution in [0.3, 0.4) is 0 Å². The van der Waals surface area contributed by atoms with Gasteiger partial charge < -0.3 is 19.9 Å². The number of aldehydes is 1. The Labute approximate surface area is 165 Å². The summed E-state index contributed by atoms with van der Waals surface area (Å²) in [6.45, 7) is 5.41. The first kappa shape index (κ1) is 19.2. The van der Waals surface area contributed by atoms with Crippen LogP contribution in [0.2, 0.25) is 0 Å². The molecule has 0 saturated carbocycles. The van der Waals surface area contributed by atoms with Crippen LogP contribution < -0.4 is 15.5 Å². The number of morpholine rings is 1. The fraction of sp³-hybridized carbons (Fsp3) is 0.500. The van der Waals surface area contributed by atoms with Crippen LogP contribution in [0.15, 0.2) is 10.6 Å². The number of benzene rings is 1. The Kier molecular flexibility index (Phi) is 5.02. The lowest BCUT2D eigenvalue weighted by Crippen LogP contribution is -2.46. The molecule has 28 heavy (non-hydrogen) atoms. The standard InChI is InChI=1S/C18H21FN4O4S/c1-9-5-22(6-10(2)26-9)15-11(8-24)3-13-16(14(15)19)27-21-17(13)23-7-12(4-20)28-18(23)25/h3,8-10,12H,4-7,20H2,1-2H3/t9-,10-,12+/m1/s1. The molecular formula is C18H21FN4O4S. The van der Waals surface area contributed by atoms with E-state index >= 15 is 4.39 Å². The molecule has 0 aliphatic carbocycles. The number of hydrogen-bond acceptors (Lipinski definition) is 8. The van der Waals surface area contributed by atoms with Gasteiger partial charge in [0, 0.05) is 37.0 Å². The zero-order chi connectivity index (χ0) is 20.0. The smallest absolute Gasteiger partial charge is 0.287 e. The second-order valence-corrected chi connectivity index (χ2v) is 8.40. The molecule has 0 spiro atoms. The molecule has 3 atom stereocenters. The molecule has 0 radical (unpaired) electrons. The van der Waals surface area contributed by atoms with Gasteiger partial charge in [0.1, 0.15) is 0 Å². The quantitative estimate of drug-likeness (QED) is 0.770. The summed E-state index contributed by atoms with van der Waals surface area (Å²) >= 11 is 1.12. The van der Waals surface area contributed by atoms with Gasteiger partial charge >= 0.3 is 0 Å². The highest BCUT2D eigenvalue weighted by molar-refractivity contribution is 8.14. The van der Waals surface area contributed by atoms with E-state index in [9.17, 15) is 9.59 Å². The van der Waals surface area contributed by atoms with Gasteiger partial charge in [-0.05, 0) is 19.9 Å². The molecule has 4 rings (SSSR count). The third kappa shape index (κ3) is 3.15. The van der Waals surface area contributed by atoms with Crippen molar-refractivity contribution in [2.45, 2.75) is 31.3 Å². The van der Waals surface area contributed by atoms with E-state index in [0.717, 1.165) is 11.8 Å². The molecule has 2 aliphatic heterocycles. The Morgan fingerprint density at radius 2 is 2.07 bits per heavy atom. The van der Waals surface area contributed by atoms with Crippen LogP contribution in [0, 0.1) is 5.82 Å². The minimum Gasteiger partial charge on any atom is -0.372 e. The number of ether oxygens (including phenoxy) is 1. The maximum absolute atomic E-state index is 15.4. The van der Waals surface area contributed by atoms with Crippen LogP contribution in [-0.2, 0) is 4.74 Å². The van der Waals surface area contributed by atoms with Gasteiger partial charge in [-0.15, -0.1) is 0 Å². The number of nitrogens with two attached hydrogens (primary N) is 1. The predicted molar refractivity (Wildman–Crippen MR) is 105 cm³/mol. The molecule has 10 heteroatoms. The number of amides is 1. The van der Waals surface area contributed by atoms with Crippen molar-refractivity contribution in [1.82, 2.24) is 5.16 Å². The van der Waals surface area contributed by atoms with Gasteiger partial charge in [-0.1, -0.05) is 16.9 Å². The Balaban J connectivity index is 1.79. The highest BCUT2D eigenvalue weighted by atomic mass is 32.2. The van der Waals surface area contributed by atoms with E-state index in [2.05, 4.69) is 5.16 Å².